The van der Waals surface area contributed by atoms with Gasteiger partial charge in [0.15, 0.2) is 0 Å². The lowest BCUT2D eigenvalue weighted by Crippen LogP contribution is -2.43. The molecule has 2 atom stereocenters. The van der Waals surface area contributed by atoms with Crippen molar-refractivity contribution in [2.75, 3.05) is 0 Å². The summed E-state index contributed by atoms with van der Waals surface area (Å²) in [5, 5.41) is 0. The number of hydrogen-bond donors (Lipinski definition) is 1. The molecular weight excluding hydrogens is 412 g/mol. The van der Waals surface area contributed by atoms with Crippen molar-refractivity contribution in [3.8, 4) is 0 Å². The molecule has 0 aliphatic carbocycles. The van der Waals surface area contributed by atoms with Crippen molar-refractivity contribution in [3.63, 3.8) is 0 Å². The Kier molecular flexibility index (Phi) is 10.9. The molecule has 0 bridgehead atoms. The van der Waals surface area contributed by atoms with E-state index in [0.717, 1.165) is 13.0 Å². The van der Waals surface area contributed by atoms with E-state index in [9.17, 15) is 0 Å². The molecule has 0 aliphatic heterocycles. The van der Waals surface area contributed by atoms with E-state index in [1.807, 2.05) is 0 Å². The predicted molar refractivity (Wildman–Crippen MR) is 145 cm³/mol. The Hall–Kier alpha value is -2.35. The first-order valence-corrected chi connectivity index (χ1v) is 13.8. The van der Waals surface area contributed by atoms with Crippen molar-refractivity contribution in [1.29, 1.82) is 0 Å². The van der Waals surface area contributed by atoms with Crippen molar-refractivity contribution in [3.05, 3.63) is 90.0 Å². The minimum atomic E-state index is 0.0173. The van der Waals surface area contributed by atoms with Crippen LogP contribution in [0.3, 0.4) is 0 Å². The Morgan fingerprint density at radius 1 is 0.765 bits per heavy atom. The molecule has 2 heteroatoms. The number of benzene rings is 2. The summed E-state index contributed by atoms with van der Waals surface area (Å²) in [4.78, 5) is 3.72. The van der Waals surface area contributed by atoms with E-state index in [2.05, 4.69) is 103 Å². The molecule has 0 saturated carbocycles. The first-order chi connectivity index (χ1) is 16.7. The number of aromatic amines is 1. The Bertz CT molecular complexity index is 914. The zero-order valence-electron chi connectivity index (χ0n) is 21.9. The summed E-state index contributed by atoms with van der Waals surface area (Å²) in [6.45, 7) is 8.21. The number of aromatic nitrogens is 2. The fraction of sp³-hybridized carbons (Fsp3) is 0.531. The van der Waals surface area contributed by atoms with E-state index < -0.39 is 0 Å². The van der Waals surface area contributed by atoms with Crippen LogP contribution >= 0.6 is 0 Å². The fourth-order valence-electron chi connectivity index (χ4n) is 5.55. The molecule has 3 aromatic rings. The van der Waals surface area contributed by atoms with Gasteiger partial charge in [0.2, 0.25) is 0 Å². The number of H-pyrrole nitrogens is 1. The maximum absolute atomic E-state index is 3.72. The molecule has 2 nitrogen and oxygen atoms in total. The van der Waals surface area contributed by atoms with E-state index in [-0.39, 0.29) is 5.41 Å². The third-order valence-corrected chi connectivity index (χ3v) is 7.59. The van der Waals surface area contributed by atoms with Crippen LogP contribution in [0.5, 0.6) is 0 Å². The summed E-state index contributed by atoms with van der Waals surface area (Å²) >= 11 is 0. The zero-order valence-corrected chi connectivity index (χ0v) is 21.9. The van der Waals surface area contributed by atoms with Gasteiger partial charge in [0.25, 0.3) is 5.82 Å². The van der Waals surface area contributed by atoms with Gasteiger partial charge in [-0.2, -0.15) is 0 Å². The highest BCUT2D eigenvalue weighted by Crippen LogP contribution is 2.43. The molecule has 184 valence electrons. The van der Waals surface area contributed by atoms with Gasteiger partial charge in [0.1, 0.15) is 12.4 Å². The number of rotatable bonds is 16. The molecule has 0 spiro atoms. The van der Waals surface area contributed by atoms with Crippen molar-refractivity contribution in [1.82, 2.24) is 4.98 Å². The molecule has 0 amide bonds. The number of imidazole rings is 1. The summed E-state index contributed by atoms with van der Waals surface area (Å²) < 4.78 is 2.53. The highest BCUT2D eigenvalue weighted by atomic mass is 15.1. The van der Waals surface area contributed by atoms with Gasteiger partial charge in [-0.25, -0.2) is 9.55 Å². The number of hydrogen-bond acceptors (Lipinski definition) is 0. The van der Waals surface area contributed by atoms with Crippen LogP contribution in [0.15, 0.2) is 73.1 Å². The van der Waals surface area contributed by atoms with Crippen LogP contribution in [-0.2, 0) is 18.4 Å². The van der Waals surface area contributed by atoms with Crippen LogP contribution in [0.2, 0.25) is 0 Å². The van der Waals surface area contributed by atoms with E-state index in [1.165, 1.54) is 81.2 Å². The molecule has 1 N–H and O–H groups in total. The van der Waals surface area contributed by atoms with Crippen LogP contribution in [-0.4, -0.2) is 4.98 Å². The average Bonchev–Trinajstić information content (AvgIpc) is 3.33. The summed E-state index contributed by atoms with van der Waals surface area (Å²) in [6.07, 6.45) is 18.5. The molecule has 2 aromatic carbocycles. The van der Waals surface area contributed by atoms with Gasteiger partial charge in [-0.3, -0.25) is 0 Å². The number of aryl methyl sites for hydroxylation is 1. The molecule has 34 heavy (non-hydrogen) atoms. The van der Waals surface area contributed by atoms with Crippen molar-refractivity contribution >= 4 is 0 Å². The standard InChI is InChI=1S/C32H46N2/c1-4-6-8-10-17-23-30(31-33-24-26-34(31)25-18-9-7-5-2)32(3,29-21-15-12-16-22-29)27-28-19-13-11-14-20-28/h11-16,19-22,24,26,30H,4-10,17-18,23,25,27H2,1-3H3/p+1. The first-order valence-electron chi connectivity index (χ1n) is 13.8. The number of nitrogens with zero attached hydrogens (tertiary/aromatic N) is 1. The lowest BCUT2D eigenvalue weighted by atomic mass is 9.66. The van der Waals surface area contributed by atoms with Gasteiger partial charge in [0, 0.05) is 5.41 Å². The molecule has 0 fully saturated rings. The van der Waals surface area contributed by atoms with Crippen molar-refractivity contribution < 1.29 is 4.57 Å². The van der Waals surface area contributed by atoms with Gasteiger partial charge in [-0.15, -0.1) is 0 Å². The van der Waals surface area contributed by atoms with Crippen molar-refractivity contribution in [2.45, 2.75) is 109 Å². The molecule has 0 radical (unpaired) electrons. The second kappa shape index (κ2) is 14.1. The molecule has 3 rings (SSSR count). The smallest absolute Gasteiger partial charge is 0.247 e. The van der Waals surface area contributed by atoms with Gasteiger partial charge >= 0.3 is 0 Å². The summed E-state index contributed by atoms with van der Waals surface area (Å²) in [5.74, 6) is 1.85. The lowest BCUT2D eigenvalue weighted by Gasteiger charge is -2.37. The highest BCUT2D eigenvalue weighted by Gasteiger charge is 2.41. The minimum absolute atomic E-state index is 0.0173. The van der Waals surface area contributed by atoms with Crippen LogP contribution in [0, 0.1) is 0 Å². The molecular formula is C32H47N2+. The van der Waals surface area contributed by atoms with Gasteiger partial charge in [0.05, 0.1) is 12.5 Å². The summed E-state index contributed by atoms with van der Waals surface area (Å²) in [7, 11) is 0. The quantitative estimate of drug-likeness (QED) is 0.164. The summed E-state index contributed by atoms with van der Waals surface area (Å²) in [6, 6.07) is 22.4. The van der Waals surface area contributed by atoms with E-state index in [1.54, 1.807) is 0 Å². The van der Waals surface area contributed by atoms with Crippen LogP contribution < -0.4 is 4.57 Å². The van der Waals surface area contributed by atoms with E-state index in [4.69, 9.17) is 0 Å². The molecule has 2 unspecified atom stereocenters. The maximum atomic E-state index is 3.72. The average molecular weight is 460 g/mol. The van der Waals surface area contributed by atoms with Crippen LogP contribution in [0.1, 0.15) is 108 Å². The fourth-order valence-corrected chi connectivity index (χ4v) is 5.55. The Labute approximate surface area is 208 Å². The molecule has 1 heterocycles. The third kappa shape index (κ3) is 7.32. The maximum Gasteiger partial charge on any atom is 0.258 e. The second-order valence-corrected chi connectivity index (χ2v) is 10.3. The molecule has 0 aliphatic rings. The zero-order chi connectivity index (χ0) is 24.1. The number of unbranched alkanes of at least 4 members (excludes halogenated alkanes) is 7. The topological polar surface area (TPSA) is 19.7 Å². The van der Waals surface area contributed by atoms with Crippen molar-refractivity contribution in [2.24, 2.45) is 0 Å². The van der Waals surface area contributed by atoms with Gasteiger partial charge in [-0.1, -0.05) is 126 Å². The highest BCUT2D eigenvalue weighted by molar-refractivity contribution is 5.32. The lowest BCUT2D eigenvalue weighted by molar-refractivity contribution is -0.705. The Balaban J connectivity index is 1.95. The predicted octanol–water partition coefficient (Wildman–Crippen LogP) is 8.53. The SMILES string of the molecule is CCCCCCCC(c1[nH]cc[n+]1CCCCCC)C(C)(Cc1ccccc1)c1ccccc1. The van der Waals surface area contributed by atoms with Gasteiger partial charge < -0.3 is 0 Å². The van der Waals surface area contributed by atoms with Crippen LogP contribution in [0.25, 0.3) is 0 Å². The van der Waals surface area contributed by atoms with E-state index >= 15 is 0 Å². The number of nitrogens with one attached hydrogen (secondary N) is 1. The largest absolute Gasteiger partial charge is 0.258 e. The van der Waals surface area contributed by atoms with E-state index in [0.29, 0.717) is 5.92 Å². The second-order valence-electron chi connectivity index (χ2n) is 10.3. The monoisotopic (exact) mass is 459 g/mol. The molecule has 0 saturated heterocycles. The summed E-state index contributed by atoms with van der Waals surface area (Å²) in [5.41, 5.74) is 2.89. The van der Waals surface area contributed by atoms with Gasteiger partial charge in [-0.05, 0) is 36.8 Å². The Morgan fingerprint density at radius 2 is 1.38 bits per heavy atom. The first kappa shape index (κ1) is 26.3. The third-order valence-electron chi connectivity index (χ3n) is 7.59. The Morgan fingerprint density at radius 3 is 2.06 bits per heavy atom. The minimum Gasteiger partial charge on any atom is -0.247 e. The van der Waals surface area contributed by atoms with Crippen LogP contribution in [0.4, 0.5) is 0 Å². The normalized spacial score (nSPS) is 14.1. The molecule has 1 aromatic heterocycles.